The molecule has 0 saturated carbocycles. The van der Waals surface area contributed by atoms with Crippen LogP contribution in [-0.4, -0.2) is 51.6 Å². The van der Waals surface area contributed by atoms with E-state index in [4.69, 9.17) is 13.9 Å². The van der Waals surface area contributed by atoms with Gasteiger partial charge < -0.3 is 23.4 Å². The summed E-state index contributed by atoms with van der Waals surface area (Å²) < 4.78 is 56.9. The summed E-state index contributed by atoms with van der Waals surface area (Å²) in [5, 5.41) is 0. The van der Waals surface area contributed by atoms with Crippen molar-refractivity contribution in [2.75, 3.05) is 26.3 Å². The van der Waals surface area contributed by atoms with E-state index in [0.29, 0.717) is 62.0 Å². The Bertz CT molecular complexity index is 1510. The van der Waals surface area contributed by atoms with Gasteiger partial charge in [-0.1, -0.05) is 24.3 Å². The SMILES string of the molecule is O=C(CCc1nccn1CCCCc1ccc(OCc2coc(C=Cc3ccc(C(F)(F)F)cc3)n2)cc1)N1CCOCC1. The number of benzene rings is 2. The molecule has 1 aliphatic rings. The number of aromatic nitrogens is 3. The molecule has 0 aliphatic carbocycles. The number of oxazole rings is 1. The Morgan fingerprint density at radius 3 is 2.50 bits per heavy atom. The second kappa shape index (κ2) is 14.9. The zero-order valence-corrected chi connectivity index (χ0v) is 24.3. The molecule has 1 fully saturated rings. The molecular formula is C33H35F3N4O4. The van der Waals surface area contributed by atoms with Crippen LogP contribution in [0.25, 0.3) is 12.2 Å². The van der Waals surface area contributed by atoms with Crippen molar-refractivity contribution >= 4 is 18.1 Å². The monoisotopic (exact) mass is 608 g/mol. The average molecular weight is 609 g/mol. The highest BCUT2D eigenvalue weighted by molar-refractivity contribution is 5.76. The van der Waals surface area contributed by atoms with Crippen LogP contribution in [0.1, 0.15) is 53.4 Å². The van der Waals surface area contributed by atoms with Crippen LogP contribution in [0.4, 0.5) is 13.2 Å². The van der Waals surface area contributed by atoms with Gasteiger partial charge in [0.25, 0.3) is 0 Å². The predicted octanol–water partition coefficient (Wildman–Crippen LogP) is 6.45. The minimum absolute atomic E-state index is 0.160. The molecule has 2 aromatic heterocycles. The molecule has 4 aromatic rings. The van der Waals surface area contributed by atoms with E-state index < -0.39 is 11.7 Å². The van der Waals surface area contributed by atoms with Gasteiger partial charge >= 0.3 is 6.18 Å². The van der Waals surface area contributed by atoms with E-state index in [1.54, 1.807) is 18.3 Å². The first-order valence-corrected chi connectivity index (χ1v) is 14.7. The van der Waals surface area contributed by atoms with Gasteiger partial charge in [0.1, 0.15) is 30.1 Å². The minimum atomic E-state index is -4.36. The number of unbranched alkanes of at least 4 members (excludes halogenated alkanes) is 1. The molecule has 11 heteroatoms. The third-order valence-corrected chi connectivity index (χ3v) is 7.38. The third-order valence-electron chi connectivity index (χ3n) is 7.38. The molecule has 0 N–H and O–H groups in total. The molecular weight excluding hydrogens is 573 g/mol. The highest BCUT2D eigenvalue weighted by Crippen LogP contribution is 2.29. The molecule has 0 spiro atoms. The zero-order chi connectivity index (χ0) is 30.8. The fourth-order valence-corrected chi connectivity index (χ4v) is 4.90. The number of rotatable bonds is 13. The highest BCUT2D eigenvalue weighted by atomic mass is 19.4. The molecule has 1 amide bonds. The lowest BCUT2D eigenvalue weighted by molar-refractivity contribution is -0.137. The molecule has 2 aromatic carbocycles. The lowest BCUT2D eigenvalue weighted by atomic mass is 10.1. The molecule has 44 heavy (non-hydrogen) atoms. The van der Waals surface area contributed by atoms with Crippen molar-refractivity contribution in [3.8, 4) is 5.75 Å². The van der Waals surface area contributed by atoms with E-state index in [9.17, 15) is 18.0 Å². The molecule has 0 unspecified atom stereocenters. The van der Waals surface area contributed by atoms with Crippen molar-refractivity contribution in [2.24, 2.45) is 0 Å². The van der Waals surface area contributed by atoms with Crippen molar-refractivity contribution in [1.29, 1.82) is 0 Å². The van der Waals surface area contributed by atoms with E-state index in [1.165, 1.54) is 24.0 Å². The molecule has 5 rings (SSSR count). The van der Waals surface area contributed by atoms with Gasteiger partial charge in [-0.3, -0.25) is 4.79 Å². The summed E-state index contributed by atoms with van der Waals surface area (Å²) in [7, 11) is 0. The van der Waals surface area contributed by atoms with Gasteiger partial charge in [0.05, 0.1) is 18.8 Å². The number of hydrogen-bond donors (Lipinski definition) is 0. The number of imidazole rings is 1. The first-order valence-electron chi connectivity index (χ1n) is 14.7. The first-order chi connectivity index (χ1) is 21.3. The molecule has 1 saturated heterocycles. The first kappa shape index (κ1) is 31.1. The van der Waals surface area contributed by atoms with Crippen LogP contribution in [0.15, 0.2) is 71.6 Å². The molecule has 0 radical (unpaired) electrons. The molecule has 0 bridgehead atoms. The van der Waals surface area contributed by atoms with Crippen LogP contribution in [-0.2, 0) is 41.7 Å². The lowest BCUT2D eigenvalue weighted by Gasteiger charge is -2.26. The third kappa shape index (κ3) is 9.06. The number of nitrogens with zero attached hydrogens (tertiary/aromatic N) is 4. The topological polar surface area (TPSA) is 82.6 Å². The molecule has 3 heterocycles. The van der Waals surface area contributed by atoms with Crippen LogP contribution < -0.4 is 4.74 Å². The van der Waals surface area contributed by atoms with Crippen LogP contribution >= 0.6 is 0 Å². The van der Waals surface area contributed by atoms with Crippen molar-refractivity contribution in [3.63, 3.8) is 0 Å². The Hall–Kier alpha value is -4.38. The fraction of sp³-hybridized carbons (Fsp3) is 0.364. The maximum atomic E-state index is 12.7. The standard InChI is InChI=1S/C33H35F3N4O4/c34-33(35,36)27-9-4-26(5-10-27)8-14-31-38-28(24-44-31)23-43-29-11-6-25(7-12-29)3-1-2-17-39-18-16-37-30(39)13-15-32(41)40-19-21-42-22-20-40/h4-12,14,16,18,24H,1-3,13,15,17,19-23H2. The summed E-state index contributed by atoms with van der Waals surface area (Å²) in [6, 6.07) is 12.8. The lowest BCUT2D eigenvalue weighted by Crippen LogP contribution is -2.40. The van der Waals surface area contributed by atoms with Gasteiger partial charge in [-0.25, -0.2) is 9.97 Å². The van der Waals surface area contributed by atoms with E-state index in [1.807, 2.05) is 23.2 Å². The number of halogens is 3. The van der Waals surface area contributed by atoms with Crippen molar-refractivity contribution in [1.82, 2.24) is 19.4 Å². The van der Waals surface area contributed by atoms with E-state index in [-0.39, 0.29) is 12.5 Å². The second-order valence-corrected chi connectivity index (χ2v) is 10.5. The average Bonchev–Trinajstić information content (AvgIpc) is 3.70. The number of amides is 1. The predicted molar refractivity (Wildman–Crippen MR) is 159 cm³/mol. The molecule has 8 nitrogen and oxygen atoms in total. The van der Waals surface area contributed by atoms with Gasteiger partial charge in [-0.05, 0) is 60.7 Å². The van der Waals surface area contributed by atoms with Crippen LogP contribution in [0.2, 0.25) is 0 Å². The van der Waals surface area contributed by atoms with E-state index >= 15 is 0 Å². The normalized spacial score (nSPS) is 13.9. The number of alkyl halides is 3. The smallest absolute Gasteiger partial charge is 0.416 e. The zero-order valence-electron chi connectivity index (χ0n) is 24.3. The number of carbonyl (C=O) groups excluding carboxylic acids is 1. The molecule has 1 aliphatic heterocycles. The van der Waals surface area contributed by atoms with Crippen LogP contribution in [0, 0.1) is 0 Å². The van der Waals surface area contributed by atoms with E-state index in [2.05, 4.69) is 26.7 Å². The highest BCUT2D eigenvalue weighted by Gasteiger charge is 2.29. The molecule has 0 atom stereocenters. The summed E-state index contributed by atoms with van der Waals surface area (Å²) >= 11 is 0. The summed E-state index contributed by atoms with van der Waals surface area (Å²) in [6.45, 7) is 3.64. The Balaban J connectivity index is 1.00. The fourth-order valence-electron chi connectivity index (χ4n) is 4.90. The maximum Gasteiger partial charge on any atom is 0.416 e. The maximum absolute atomic E-state index is 12.7. The van der Waals surface area contributed by atoms with Crippen molar-refractivity contribution < 1.29 is 31.9 Å². The minimum Gasteiger partial charge on any atom is -0.487 e. The molecule has 232 valence electrons. The summed E-state index contributed by atoms with van der Waals surface area (Å²) in [5.41, 5.74) is 1.74. The number of carbonyl (C=O) groups is 1. The van der Waals surface area contributed by atoms with E-state index in [0.717, 1.165) is 43.8 Å². The Morgan fingerprint density at radius 2 is 1.75 bits per heavy atom. The Labute approximate surface area is 254 Å². The van der Waals surface area contributed by atoms with Crippen LogP contribution in [0.3, 0.4) is 0 Å². The summed E-state index contributed by atoms with van der Waals surface area (Å²) in [5.74, 6) is 2.16. The number of aryl methyl sites for hydroxylation is 3. The summed E-state index contributed by atoms with van der Waals surface area (Å²) in [4.78, 5) is 23.1. The van der Waals surface area contributed by atoms with Crippen molar-refractivity contribution in [2.45, 2.75) is 51.4 Å². The van der Waals surface area contributed by atoms with Crippen molar-refractivity contribution in [3.05, 3.63) is 101 Å². The van der Waals surface area contributed by atoms with Gasteiger partial charge in [-0.15, -0.1) is 0 Å². The van der Waals surface area contributed by atoms with Crippen LogP contribution in [0.5, 0.6) is 5.75 Å². The van der Waals surface area contributed by atoms with Gasteiger partial charge in [0.15, 0.2) is 0 Å². The van der Waals surface area contributed by atoms with Gasteiger partial charge in [0.2, 0.25) is 11.8 Å². The Morgan fingerprint density at radius 1 is 0.977 bits per heavy atom. The van der Waals surface area contributed by atoms with Gasteiger partial charge in [-0.2, -0.15) is 13.2 Å². The quantitative estimate of drug-likeness (QED) is 0.162. The number of morpholine rings is 1. The summed E-state index contributed by atoms with van der Waals surface area (Å²) in [6.07, 6.45) is 8.22. The van der Waals surface area contributed by atoms with Gasteiger partial charge in [0, 0.05) is 50.9 Å². The number of hydrogen-bond acceptors (Lipinski definition) is 6. The Kier molecular flexibility index (Phi) is 10.5. The largest absolute Gasteiger partial charge is 0.487 e. The number of ether oxygens (including phenoxy) is 2. The second-order valence-electron chi connectivity index (χ2n) is 10.5.